The first-order valence-corrected chi connectivity index (χ1v) is 6.85. The Balaban J connectivity index is 2.23. The van der Waals surface area contributed by atoms with Crippen LogP contribution in [0.25, 0.3) is 0 Å². The molecule has 0 aliphatic rings. The second kappa shape index (κ2) is 8.19. The van der Waals surface area contributed by atoms with E-state index in [1.165, 1.54) is 5.56 Å². The zero-order valence-corrected chi connectivity index (χ0v) is 12.0. The van der Waals surface area contributed by atoms with E-state index in [0.29, 0.717) is 19.5 Å². The second-order valence-corrected chi connectivity index (χ2v) is 4.81. The van der Waals surface area contributed by atoms with Gasteiger partial charge >= 0.3 is 12.0 Å². The molecular formula is C15H22N2O3. The van der Waals surface area contributed by atoms with E-state index in [4.69, 9.17) is 5.11 Å². The summed E-state index contributed by atoms with van der Waals surface area (Å²) in [7, 11) is 0. The fraction of sp³-hybridized carbons (Fsp3) is 0.467. The van der Waals surface area contributed by atoms with E-state index < -0.39 is 11.9 Å². The highest BCUT2D eigenvalue weighted by Gasteiger charge is 2.10. The van der Waals surface area contributed by atoms with Gasteiger partial charge in [-0.15, -0.1) is 0 Å². The molecule has 5 heteroatoms. The molecule has 110 valence electrons. The quantitative estimate of drug-likeness (QED) is 0.715. The summed E-state index contributed by atoms with van der Waals surface area (Å²) in [6, 6.07) is 7.80. The van der Waals surface area contributed by atoms with Crippen molar-refractivity contribution in [2.45, 2.75) is 33.2 Å². The number of aliphatic carboxylic acids is 1. The van der Waals surface area contributed by atoms with Crippen LogP contribution in [-0.2, 0) is 17.8 Å². The van der Waals surface area contributed by atoms with E-state index in [2.05, 4.69) is 17.6 Å². The first-order valence-electron chi connectivity index (χ1n) is 6.85. The molecule has 0 radical (unpaired) electrons. The number of carbonyl (C=O) groups excluding carboxylic acids is 1. The van der Waals surface area contributed by atoms with Gasteiger partial charge in [-0.25, -0.2) is 4.79 Å². The Kier molecular flexibility index (Phi) is 6.56. The summed E-state index contributed by atoms with van der Waals surface area (Å²) in [6.45, 7) is 4.54. The van der Waals surface area contributed by atoms with E-state index in [0.717, 1.165) is 12.0 Å². The Morgan fingerprint density at radius 3 is 2.30 bits per heavy atom. The number of urea groups is 1. The van der Waals surface area contributed by atoms with Crippen LogP contribution in [0.3, 0.4) is 0 Å². The highest BCUT2D eigenvalue weighted by atomic mass is 16.4. The highest BCUT2D eigenvalue weighted by molar-refractivity contribution is 5.74. The van der Waals surface area contributed by atoms with E-state index in [1.807, 2.05) is 24.3 Å². The number of carbonyl (C=O) groups is 2. The van der Waals surface area contributed by atoms with Crippen molar-refractivity contribution in [3.8, 4) is 0 Å². The number of amides is 2. The van der Waals surface area contributed by atoms with Gasteiger partial charge in [0.25, 0.3) is 0 Å². The van der Waals surface area contributed by atoms with Crippen molar-refractivity contribution in [3.63, 3.8) is 0 Å². The molecule has 0 heterocycles. The Bertz CT molecular complexity index is 443. The summed E-state index contributed by atoms with van der Waals surface area (Å²) in [5.74, 6) is -1.29. The van der Waals surface area contributed by atoms with Crippen molar-refractivity contribution in [1.29, 1.82) is 0 Å². The molecule has 0 aliphatic heterocycles. The van der Waals surface area contributed by atoms with Crippen molar-refractivity contribution in [3.05, 3.63) is 35.4 Å². The molecule has 1 unspecified atom stereocenters. The van der Waals surface area contributed by atoms with Crippen molar-refractivity contribution >= 4 is 12.0 Å². The molecule has 0 saturated carbocycles. The van der Waals surface area contributed by atoms with Crippen LogP contribution in [-0.4, -0.2) is 23.7 Å². The minimum absolute atomic E-state index is 0.276. The molecular weight excluding hydrogens is 256 g/mol. The molecule has 1 atom stereocenters. The average molecular weight is 278 g/mol. The minimum atomic E-state index is -0.844. The molecule has 0 bridgehead atoms. The molecule has 0 spiro atoms. The van der Waals surface area contributed by atoms with Crippen LogP contribution in [0.2, 0.25) is 0 Å². The maximum atomic E-state index is 11.5. The number of carboxylic acid groups (broad SMARTS) is 1. The van der Waals surface area contributed by atoms with Gasteiger partial charge in [0.2, 0.25) is 0 Å². The predicted octanol–water partition coefficient (Wildman–Crippen LogP) is 2.16. The van der Waals surface area contributed by atoms with Gasteiger partial charge in [-0.3, -0.25) is 4.79 Å². The van der Waals surface area contributed by atoms with Gasteiger partial charge in [-0.1, -0.05) is 38.1 Å². The molecule has 0 aliphatic carbocycles. The normalized spacial score (nSPS) is 11.7. The molecule has 5 nitrogen and oxygen atoms in total. The van der Waals surface area contributed by atoms with Gasteiger partial charge in [-0.05, 0) is 24.0 Å². The fourth-order valence-electron chi connectivity index (χ4n) is 1.66. The molecule has 1 aromatic rings. The third-order valence-electron chi connectivity index (χ3n) is 3.17. The summed E-state index contributed by atoms with van der Waals surface area (Å²) < 4.78 is 0. The maximum absolute atomic E-state index is 11.5. The monoisotopic (exact) mass is 278 g/mol. The molecule has 1 rings (SSSR count). The Morgan fingerprint density at radius 2 is 1.75 bits per heavy atom. The van der Waals surface area contributed by atoms with Crippen LogP contribution in [0.15, 0.2) is 24.3 Å². The van der Waals surface area contributed by atoms with E-state index in [1.54, 1.807) is 6.92 Å². The summed E-state index contributed by atoms with van der Waals surface area (Å²) in [5.41, 5.74) is 2.30. The smallest absolute Gasteiger partial charge is 0.315 e. The molecule has 2 amide bonds. The van der Waals surface area contributed by atoms with E-state index in [9.17, 15) is 9.59 Å². The molecule has 0 fully saturated rings. The largest absolute Gasteiger partial charge is 0.481 e. The molecule has 0 aromatic heterocycles. The van der Waals surface area contributed by atoms with Gasteiger partial charge in [0.1, 0.15) is 0 Å². The maximum Gasteiger partial charge on any atom is 0.315 e. The SMILES string of the molecule is CCc1ccc(CNC(=O)NCCC(C)C(=O)O)cc1. The lowest BCUT2D eigenvalue weighted by Crippen LogP contribution is -2.36. The number of aryl methyl sites for hydroxylation is 1. The number of carboxylic acids is 1. The van der Waals surface area contributed by atoms with Crippen LogP contribution in [0.1, 0.15) is 31.4 Å². The first kappa shape index (κ1) is 16.0. The number of hydrogen-bond acceptors (Lipinski definition) is 2. The van der Waals surface area contributed by atoms with Crippen LogP contribution in [0.4, 0.5) is 4.79 Å². The molecule has 0 saturated heterocycles. The number of hydrogen-bond donors (Lipinski definition) is 3. The van der Waals surface area contributed by atoms with Crippen molar-refractivity contribution in [2.75, 3.05) is 6.54 Å². The van der Waals surface area contributed by atoms with Gasteiger partial charge in [0.05, 0.1) is 5.92 Å². The van der Waals surface area contributed by atoms with E-state index in [-0.39, 0.29) is 6.03 Å². The first-order chi connectivity index (χ1) is 9.52. The van der Waals surface area contributed by atoms with Gasteiger partial charge in [0.15, 0.2) is 0 Å². The summed E-state index contributed by atoms with van der Waals surface area (Å²) in [4.78, 5) is 22.1. The Hall–Kier alpha value is -2.04. The standard InChI is InChI=1S/C15H22N2O3/c1-3-12-4-6-13(7-5-12)10-17-15(20)16-9-8-11(2)14(18)19/h4-7,11H,3,8-10H2,1-2H3,(H,18,19)(H2,16,17,20). The molecule has 1 aromatic carbocycles. The predicted molar refractivity (Wildman–Crippen MR) is 77.5 cm³/mol. The van der Waals surface area contributed by atoms with Gasteiger partial charge < -0.3 is 15.7 Å². The molecule has 20 heavy (non-hydrogen) atoms. The third kappa shape index (κ3) is 5.73. The van der Waals surface area contributed by atoms with Crippen LogP contribution in [0, 0.1) is 5.92 Å². The third-order valence-corrected chi connectivity index (χ3v) is 3.17. The van der Waals surface area contributed by atoms with Crippen molar-refractivity contribution < 1.29 is 14.7 Å². The zero-order valence-electron chi connectivity index (χ0n) is 12.0. The Labute approximate surface area is 119 Å². The summed E-state index contributed by atoms with van der Waals surface area (Å²) in [6.07, 6.45) is 1.42. The lowest BCUT2D eigenvalue weighted by Gasteiger charge is -2.09. The van der Waals surface area contributed by atoms with Crippen molar-refractivity contribution in [2.24, 2.45) is 5.92 Å². The second-order valence-electron chi connectivity index (χ2n) is 4.81. The van der Waals surface area contributed by atoms with Crippen LogP contribution >= 0.6 is 0 Å². The van der Waals surface area contributed by atoms with Gasteiger partial charge in [-0.2, -0.15) is 0 Å². The lowest BCUT2D eigenvalue weighted by atomic mass is 10.1. The fourth-order valence-corrected chi connectivity index (χ4v) is 1.66. The topological polar surface area (TPSA) is 78.4 Å². The highest BCUT2D eigenvalue weighted by Crippen LogP contribution is 2.04. The summed E-state index contributed by atoms with van der Waals surface area (Å²) >= 11 is 0. The van der Waals surface area contributed by atoms with Gasteiger partial charge in [0, 0.05) is 13.1 Å². The minimum Gasteiger partial charge on any atom is -0.481 e. The number of benzene rings is 1. The number of nitrogens with one attached hydrogen (secondary N) is 2. The molecule has 3 N–H and O–H groups in total. The number of rotatable bonds is 7. The van der Waals surface area contributed by atoms with Crippen molar-refractivity contribution in [1.82, 2.24) is 10.6 Å². The average Bonchev–Trinajstić information content (AvgIpc) is 2.45. The van der Waals surface area contributed by atoms with Crippen LogP contribution in [0.5, 0.6) is 0 Å². The lowest BCUT2D eigenvalue weighted by molar-refractivity contribution is -0.141. The Morgan fingerprint density at radius 1 is 1.15 bits per heavy atom. The van der Waals surface area contributed by atoms with Crippen LogP contribution < -0.4 is 10.6 Å². The van der Waals surface area contributed by atoms with E-state index >= 15 is 0 Å². The zero-order chi connectivity index (χ0) is 15.0. The summed E-state index contributed by atoms with van der Waals surface area (Å²) in [5, 5.41) is 14.1.